The van der Waals surface area contributed by atoms with Gasteiger partial charge in [0.05, 0.1) is 5.69 Å². The standard InChI is InChI=1S/C15H11BrF2N6/c16-8-1-4-12(20-6-8)24-15-13(19)14(21-7-22-15)23-11-3-2-9(17)5-10(11)18/h1-7H,19H2,(H2,20,21,22,23,24). The van der Waals surface area contributed by atoms with E-state index in [9.17, 15) is 8.78 Å². The third-order valence-electron chi connectivity index (χ3n) is 3.04. The highest BCUT2D eigenvalue weighted by Crippen LogP contribution is 2.28. The van der Waals surface area contributed by atoms with Gasteiger partial charge in [0.25, 0.3) is 0 Å². The lowest BCUT2D eigenvalue weighted by Crippen LogP contribution is -2.06. The Hall–Kier alpha value is -2.81. The van der Waals surface area contributed by atoms with E-state index in [-0.39, 0.29) is 17.2 Å². The van der Waals surface area contributed by atoms with Gasteiger partial charge in [0.1, 0.15) is 29.5 Å². The monoisotopic (exact) mass is 392 g/mol. The van der Waals surface area contributed by atoms with E-state index in [4.69, 9.17) is 5.73 Å². The van der Waals surface area contributed by atoms with Crippen LogP contribution in [-0.4, -0.2) is 15.0 Å². The van der Waals surface area contributed by atoms with Crippen molar-refractivity contribution in [1.82, 2.24) is 15.0 Å². The minimum Gasteiger partial charge on any atom is -0.393 e. The Kier molecular flexibility index (Phi) is 4.52. The van der Waals surface area contributed by atoms with Crippen molar-refractivity contribution < 1.29 is 8.78 Å². The maximum absolute atomic E-state index is 13.7. The molecule has 0 saturated heterocycles. The van der Waals surface area contributed by atoms with Gasteiger partial charge in [-0.2, -0.15) is 0 Å². The second-order valence-electron chi connectivity index (χ2n) is 4.72. The number of halogens is 3. The van der Waals surface area contributed by atoms with Gasteiger partial charge in [-0.15, -0.1) is 0 Å². The Morgan fingerprint density at radius 1 is 0.958 bits per heavy atom. The van der Waals surface area contributed by atoms with Gasteiger partial charge in [0, 0.05) is 16.7 Å². The SMILES string of the molecule is Nc1c(Nc2ccc(Br)cn2)ncnc1Nc1ccc(F)cc1F. The van der Waals surface area contributed by atoms with Gasteiger partial charge in [-0.05, 0) is 40.2 Å². The van der Waals surface area contributed by atoms with Crippen LogP contribution < -0.4 is 16.4 Å². The van der Waals surface area contributed by atoms with Crippen molar-refractivity contribution in [2.45, 2.75) is 0 Å². The van der Waals surface area contributed by atoms with Crippen LogP contribution in [0.3, 0.4) is 0 Å². The van der Waals surface area contributed by atoms with Crippen molar-refractivity contribution in [3.63, 3.8) is 0 Å². The zero-order valence-corrected chi connectivity index (χ0v) is 13.7. The molecule has 0 unspecified atom stereocenters. The van der Waals surface area contributed by atoms with Crippen molar-refractivity contribution in [1.29, 1.82) is 0 Å². The molecule has 6 nitrogen and oxygen atoms in total. The van der Waals surface area contributed by atoms with E-state index in [1.165, 1.54) is 12.4 Å². The Morgan fingerprint density at radius 2 is 1.71 bits per heavy atom. The predicted octanol–water partition coefficient (Wildman–Crippen LogP) is 3.98. The number of nitrogens with two attached hydrogens (primary N) is 1. The minimum atomic E-state index is -0.753. The molecule has 3 rings (SSSR count). The molecule has 3 aromatic rings. The average molecular weight is 393 g/mol. The molecule has 1 aromatic carbocycles. The largest absolute Gasteiger partial charge is 0.393 e. The molecule has 0 amide bonds. The number of rotatable bonds is 4. The summed E-state index contributed by atoms with van der Waals surface area (Å²) in [6.07, 6.45) is 2.88. The van der Waals surface area contributed by atoms with E-state index in [0.29, 0.717) is 11.6 Å². The summed E-state index contributed by atoms with van der Waals surface area (Å²) in [5.74, 6) is -0.392. The average Bonchev–Trinajstić information content (AvgIpc) is 2.55. The van der Waals surface area contributed by atoms with Crippen LogP contribution in [0.4, 0.5) is 37.6 Å². The molecular formula is C15H11BrF2N6. The molecule has 0 spiro atoms. The Morgan fingerprint density at radius 3 is 2.38 bits per heavy atom. The van der Waals surface area contributed by atoms with Crippen LogP contribution in [0.5, 0.6) is 0 Å². The van der Waals surface area contributed by atoms with Gasteiger partial charge in [0.2, 0.25) is 0 Å². The summed E-state index contributed by atoms with van der Waals surface area (Å²) in [6, 6.07) is 6.70. The summed E-state index contributed by atoms with van der Waals surface area (Å²) in [5.41, 5.74) is 6.23. The Balaban J connectivity index is 1.86. The number of pyridine rings is 1. The fourth-order valence-corrected chi connectivity index (χ4v) is 2.12. The van der Waals surface area contributed by atoms with E-state index >= 15 is 0 Å². The number of nitrogens with zero attached hydrogens (tertiary/aromatic N) is 3. The first-order valence-electron chi connectivity index (χ1n) is 6.74. The number of aromatic nitrogens is 3. The maximum Gasteiger partial charge on any atom is 0.160 e. The van der Waals surface area contributed by atoms with Crippen LogP contribution >= 0.6 is 15.9 Å². The normalized spacial score (nSPS) is 10.5. The second-order valence-corrected chi connectivity index (χ2v) is 5.64. The molecule has 24 heavy (non-hydrogen) atoms. The maximum atomic E-state index is 13.7. The van der Waals surface area contributed by atoms with E-state index in [2.05, 4.69) is 41.5 Å². The lowest BCUT2D eigenvalue weighted by Gasteiger charge is -2.12. The van der Waals surface area contributed by atoms with Gasteiger partial charge in [-0.25, -0.2) is 23.7 Å². The molecule has 4 N–H and O–H groups in total. The first-order valence-corrected chi connectivity index (χ1v) is 7.53. The number of nitrogens with one attached hydrogen (secondary N) is 2. The Labute approximate surface area is 144 Å². The second kappa shape index (κ2) is 6.75. The predicted molar refractivity (Wildman–Crippen MR) is 91.3 cm³/mol. The van der Waals surface area contributed by atoms with E-state index < -0.39 is 11.6 Å². The van der Waals surface area contributed by atoms with Gasteiger partial charge >= 0.3 is 0 Å². The lowest BCUT2D eigenvalue weighted by molar-refractivity contribution is 0.586. The molecule has 122 valence electrons. The fraction of sp³-hybridized carbons (Fsp3) is 0. The molecule has 0 aliphatic heterocycles. The van der Waals surface area contributed by atoms with Gasteiger partial charge < -0.3 is 16.4 Å². The van der Waals surface area contributed by atoms with Gasteiger partial charge in [-0.3, -0.25) is 0 Å². The van der Waals surface area contributed by atoms with E-state index in [1.807, 2.05) is 0 Å². The van der Waals surface area contributed by atoms with E-state index in [1.54, 1.807) is 18.3 Å². The van der Waals surface area contributed by atoms with E-state index in [0.717, 1.165) is 16.6 Å². The highest BCUT2D eigenvalue weighted by atomic mass is 79.9. The topological polar surface area (TPSA) is 88.8 Å². The van der Waals surface area contributed by atoms with Crippen LogP contribution in [0.15, 0.2) is 47.3 Å². The third-order valence-corrected chi connectivity index (χ3v) is 3.51. The minimum absolute atomic E-state index is 0.0505. The molecular weight excluding hydrogens is 382 g/mol. The van der Waals surface area contributed by atoms with Crippen molar-refractivity contribution in [2.24, 2.45) is 0 Å². The molecule has 0 bridgehead atoms. The zero-order chi connectivity index (χ0) is 17.1. The van der Waals surface area contributed by atoms with Crippen LogP contribution in [0.25, 0.3) is 0 Å². The molecule has 0 radical (unpaired) electrons. The number of anilines is 5. The third kappa shape index (κ3) is 3.57. The van der Waals surface area contributed by atoms with Crippen molar-refractivity contribution >= 4 is 44.8 Å². The molecule has 2 heterocycles. The quantitative estimate of drug-likeness (QED) is 0.622. The molecule has 0 fully saturated rings. The molecule has 9 heteroatoms. The van der Waals surface area contributed by atoms with Gasteiger partial charge in [0.15, 0.2) is 11.6 Å². The Bertz CT molecular complexity index is 872. The smallest absolute Gasteiger partial charge is 0.160 e. The summed E-state index contributed by atoms with van der Waals surface area (Å²) in [7, 11) is 0. The van der Waals surface area contributed by atoms with Crippen molar-refractivity contribution in [3.05, 3.63) is 59.0 Å². The zero-order valence-electron chi connectivity index (χ0n) is 12.1. The summed E-state index contributed by atoms with van der Waals surface area (Å²) >= 11 is 3.29. The first kappa shape index (κ1) is 16.1. The molecule has 0 aliphatic rings. The van der Waals surface area contributed by atoms with Crippen molar-refractivity contribution in [3.8, 4) is 0 Å². The summed E-state index contributed by atoms with van der Waals surface area (Å²) in [6.45, 7) is 0. The number of hydrogen-bond donors (Lipinski definition) is 3. The highest BCUT2D eigenvalue weighted by Gasteiger charge is 2.11. The molecule has 0 saturated carbocycles. The summed E-state index contributed by atoms with van der Waals surface area (Å²) in [5, 5.41) is 5.66. The lowest BCUT2D eigenvalue weighted by atomic mass is 10.3. The summed E-state index contributed by atoms with van der Waals surface area (Å²) < 4.78 is 27.5. The van der Waals surface area contributed by atoms with Gasteiger partial charge in [-0.1, -0.05) is 0 Å². The first-order chi connectivity index (χ1) is 11.5. The van der Waals surface area contributed by atoms with Crippen molar-refractivity contribution in [2.75, 3.05) is 16.4 Å². The number of nitrogen functional groups attached to an aromatic ring is 1. The van der Waals surface area contributed by atoms with Crippen LogP contribution in [0.2, 0.25) is 0 Å². The molecule has 0 aliphatic carbocycles. The molecule has 2 aromatic heterocycles. The number of benzene rings is 1. The fourth-order valence-electron chi connectivity index (χ4n) is 1.88. The molecule has 0 atom stereocenters. The van der Waals surface area contributed by atoms with Crippen LogP contribution in [0, 0.1) is 11.6 Å². The highest BCUT2D eigenvalue weighted by molar-refractivity contribution is 9.10. The van der Waals surface area contributed by atoms with Crippen LogP contribution in [-0.2, 0) is 0 Å². The number of hydrogen-bond acceptors (Lipinski definition) is 6. The van der Waals surface area contributed by atoms with Crippen LogP contribution in [0.1, 0.15) is 0 Å². The summed E-state index contributed by atoms with van der Waals surface area (Å²) in [4.78, 5) is 12.2.